The number of hydrogen-bond acceptors (Lipinski definition) is 3. The topological polar surface area (TPSA) is 58.1 Å². The Hall–Kier alpha value is -1.99. The van der Waals surface area contributed by atoms with Crippen LogP contribution in [0.3, 0.4) is 0 Å². The highest BCUT2D eigenvalue weighted by molar-refractivity contribution is 6.41. The fourth-order valence-corrected chi connectivity index (χ4v) is 3.90. The first-order valence-corrected chi connectivity index (χ1v) is 8.45. The Morgan fingerprint density at radius 3 is 2.92 bits per heavy atom. The Balaban J connectivity index is 1.63. The van der Waals surface area contributed by atoms with Gasteiger partial charge in [-0.25, -0.2) is 19.2 Å². The van der Waals surface area contributed by atoms with Crippen LogP contribution in [0, 0.1) is 11.8 Å². The summed E-state index contributed by atoms with van der Waals surface area (Å²) in [5.74, 6) is -1.56. The zero-order valence-electron chi connectivity index (χ0n) is 12.8. The van der Waals surface area contributed by atoms with E-state index in [1.54, 1.807) is 11.0 Å². The van der Waals surface area contributed by atoms with E-state index in [-0.39, 0.29) is 28.1 Å². The van der Waals surface area contributed by atoms with Crippen LogP contribution in [-0.2, 0) is 6.42 Å². The molecule has 1 fully saturated rings. The Morgan fingerprint density at radius 2 is 2.12 bits per heavy atom. The third-order valence-corrected chi connectivity index (χ3v) is 5.36. The largest absolute Gasteiger partial charge is 0.323 e. The highest BCUT2D eigenvalue weighted by Gasteiger charge is 2.43. The Labute approximate surface area is 152 Å². The third-order valence-electron chi connectivity index (χ3n) is 4.69. The maximum Gasteiger partial charge on any atom is 0.323 e. The van der Waals surface area contributed by atoms with Gasteiger partial charge in [-0.05, 0) is 37.0 Å². The van der Waals surface area contributed by atoms with E-state index < -0.39 is 17.8 Å². The van der Waals surface area contributed by atoms with Crippen molar-refractivity contribution in [3.8, 4) is 0 Å². The summed E-state index contributed by atoms with van der Waals surface area (Å²) in [6.07, 6.45) is 3.23. The van der Waals surface area contributed by atoms with E-state index in [0.717, 1.165) is 18.1 Å². The van der Waals surface area contributed by atoms with Crippen molar-refractivity contribution >= 4 is 35.1 Å². The lowest BCUT2D eigenvalue weighted by Gasteiger charge is -2.36. The molecule has 2 aliphatic rings. The van der Waals surface area contributed by atoms with Crippen molar-refractivity contribution in [1.82, 2.24) is 14.9 Å². The van der Waals surface area contributed by atoms with Gasteiger partial charge < -0.3 is 4.90 Å². The normalized spacial score (nSPS) is 21.2. The average Bonchev–Trinajstić information content (AvgIpc) is 2.89. The molecule has 0 aromatic carbocycles. The molecular weight excluding hydrogens is 373 g/mol. The van der Waals surface area contributed by atoms with E-state index in [4.69, 9.17) is 23.2 Å². The molecule has 25 heavy (non-hydrogen) atoms. The zero-order chi connectivity index (χ0) is 17.7. The van der Waals surface area contributed by atoms with Crippen LogP contribution in [0.5, 0.6) is 0 Å². The Bertz CT molecular complexity index is 879. The van der Waals surface area contributed by atoms with Gasteiger partial charge in [0.05, 0.1) is 11.1 Å². The van der Waals surface area contributed by atoms with Crippen molar-refractivity contribution in [2.75, 3.05) is 5.32 Å². The highest BCUT2D eigenvalue weighted by atomic mass is 35.5. The molecule has 0 saturated carbocycles. The van der Waals surface area contributed by atoms with Gasteiger partial charge in [0.2, 0.25) is 5.95 Å². The van der Waals surface area contributed by atoms with Gasteiger partial charge >= 0.3 is 6.03 Å². The van der Waals surface area contributed by atoms with Crippen LogP contribution in [0.15, 0.2) is 18.3 Å². The Morgan fingerprint density at radius 1 is 1.32 bits per heavy atom. The lowest BCUT2D eigenvalue weighted by molar-refractivity contribution is 0.178. The van der Waals surface area contributed by atoms with Crippen LogP contribution in [0.25, 0.3) is 0 Å². The van der Waals surface area contributed by atoms with E-state index in [2.05, 4.69) is 15.3 Å². The summed E-state index contributed by atoms with van der Waals surface area (Å²) in [4.78, 5) is 21.8. The van der Waals surface area contributed by atoms with Gasteiger partial charge in [-0.2, -0.15) is 4.39 Å². The SMILES string of the molecule is O=C(Nc1nc(Cl)c(Cl)cc1F)N1[C@@H]2CC[C@H]1c1ccnc(F)c1C2. The summed E-state index contributed by atoms with van der Waals surface area (Å²) in [7, 11) is 0. The number of hydrogen-bond donors (Lipinski definition) is 1. The maximum atomic E-state index is 14.0. The van der Waals surface area contributed by atoms with Crippen LogP contribution >= 0.6 is 23.2 Å². The minimum atomic E-state index is -0.775. The number of carbonyl (C=O) groups is 1. The molecule has 9 heteroatoms. The quantitative estimate of drug-likeness (QED) is 0.743. The summed E-state index contributed by atoms with van der Waals surface area (Å²) in [6.45, 7) is 0. The lowest BCUT2D eigenvalue weighted by Crippen LogP contribution is -2.44. The van der Waals surface area contributed by atoms with Crippen molar-refractivity contribution in [3.05, 3.63) is 51.4 Å². The second kappa shape index (κ2) is 6.07. The number of pyridine rings is 2. The first-order valence-electron chi connectivity index (χ1n) is 7.70. The number of anilines is 1. The van der Waals surface area contributed by atoms with E-state index in [1.807, 2.05) is 0 Å². The molecule has 130 valence electrons. The van der Waals surface area contributed by atoms with Gasteiger partial charge in [-0.15, -0.1) is 0 Å². The number of halogens is 4. The molecule has 2 aromatic rings. The Kier molecular flexibility index (Phi) is 4.00. The van der Waals surface area contributed by atoms with Crippen LogP contribution in [-0.4, -0.2) is 26.9 Å². The summed E-state index contributed by atoms with van der Waals surface area (Å²) >= 11 is 11.5. The molecule has 0 radical (unpaired) electrons. The maximum absolute atomic E-state index is 14.0. The average molecular weight is 385 g/mol. The van der Waals surface area contributed by atoms with Gasteiger partial charge in [0, 0.05) is 17.8 Å². The van der Waals surface area contributed by atoms with Crippen molar-refractivity contribution in [2.24, 2.45) is 0 Å². The van der Waals surface area contributed by atoms with Crippen molar-refractivity contribution in [3.63, 3.8) is 0 Å². The number of nitrogens with one attached hydrogen (secondary N) is 1. The van der Waals surface area contributed by atoms with E-state index in [9.17, 15) is 13.6 Å². The molecule has 4 rings (SSSR count). The molecule has 2 atom stereocenters. The summed E-state index contributed by atoms with van der Waals surface area (Å²) in [5, 5.41) is 2.31. The molecule has 0 aliphatic carbocycles. The number of rotatable bonds is 1. The molecule has 5 nitrogen and oxygen atoms in total. The number of aromatic nitrogens is 2. The molecule has 1 N–H and O–H groups in total. The van der Waals surface area contributed by atoms with Crippen LogP contribution in [0.1, 0.15) is 30.0 Å². The predicted octanol–water partition coefficient (Wildman–Crippen LogP) is 4.36. The fraction of sp³-hybridized carbons (Fsp3) is 0.312. The van der Waals surface area contributed by atoms with Crippen LogP contribution < -0.4 is 5.32 Å². The monoisotopic (exact) mass is 384 g/mol. The molecular formula is C16H12Cl2F2N4O. The molecule has 4 heterocycles. The zero-order valence-corrected chi connectivity index (χ0v) is 14.3. The number of amides is 2. The molecule has 0 unspecified atom stereocenters. The summed E-state index contributed by atoms with van der Waals surface area (Å²) < 4.78 is 27.9. The van der Waals surface area contributed by atoms with Gasteiger partial charge in [0.25, 0.3) is 0 Å². The minimum absolute atomic E-state index is 0.0351. The molecule has 2 amide bonds. The molecule has 0 spiro atoms. The summed E-state index contributed by atoms with van der Waals surface area (Å²) in [5.41, 5.74) is 1.30. The highest BCUT2D eigenvalue weighted by Crippen LogP contribution is 2.44. The summed E-state index contributed by atoms with van der Waals surface area (Å²) in [6, 6.07) is 1.79. The second-order valence-corrected chi connectivity index (χ2v) is 6.81. The van der Waals surface area contributed by atoms with Gasteiger partial charge in [-0.3, -0.25) is 5.32 Å². The predicted molar refractivity (Wildman–Crippen MR) is 88.7 cm³/mol. The van der Waals surface area contributed by atoms with Crippen molar-refractivity contribution in [2.45, 2.75) is 31.3 Å². The number of urea groups is 1. The number of fused-ring (bicyclic) bond motifs is 4. The van der Waals surface area contributed by atoms with E-state index >= 15 is 0 Å². The van der Waals surface area contributed by atoms with Gasteiger partial charge in [-0.1, -0.05) is 23.2 Å². The number of carbonyl (C=O) groups excluding carboxylic acids is 1. The standard InChI is InChI=1S/C16H12Cl2F2N4O/c17-10-6-11(19)15(22-13(10)18)23-16(25)24-7-1-2-12(24)8-3-4-21-14(20)9(8)5-7/h3-4,6-7,12H,1-2,5H2,(H,22,23,25)/t7-,12+/m1/s1. The smallest absolute Gasteiger partial charge is 0.314 e. The van der Waals surface area contributed by atoms with Crippen molar-refractivity contribution in [1.29, 1.82) is 0 Å². The van der Waals surface area contributed by atoms with E-state index in [1.165, 1.54) is 6.20 Å². The van der Waals surface area contributed by atoms with E-state index in [0.29, 0.717) is 18.4 Å². The fourth-order valence-electron chi connectivity index (χ4n) is 3.62. The first-order chi connectivity index (χ1) is 12.0. The van der Waals surface area contributed by atoms with Crippen LogP contribution in [0.2, 0.25) is 10.2 Å². The first kappa shape index (κ1) is 16.5. The molecule has 2 aliphatic heterocycles. The minimum Gasteiger partial charge on any atom is -0.314 e. The molecule has 2 bridgehead atoms. The van der Waals surface area contributed by atoms with Gasteiger partial charge in [0.15, 0.2) is 11.6 Å². The van der Waals surface area contributed by atoms with Crippen molar-refractivity contribution < 1.29 is 13.6 Å². The van der Waals surface area contributed by atoms with Gasteiger partial charge in [0.1, 0.15) is 5.15 Å². The molecule has 2 aromatic heterocycles. The second-order valence-electron chi connectivity index (χ2n) is 6.05. The third kappa shape index (κ3) is 2.71. The lowest BCUT2D eigenvalue weighted by atomic mass is 9.95. The number of nitrogens with zero attached hydrogens (tertiary/aromatic N) is 3. The van der Waals surface area contributed by atoms with Crippen LogP contribution in [0.4, 0.5) is 19.4 Å². The molecule has 1 saturated heterocycles.